The Labute approximate surface area is 96.6 Å². The number of aromatic nitrogens is 4. The topological polar surface area (TPSA) is 55.6 Å². The number of tetrazole rings is 1. The highest BCUT2D eigenvalue weighted by Crippen LogP contribution is 2.22. The van der Waals surface area contributed by atoms with Gasteiger partial charge >= 0.3 is 0 Å². The van der Waals surface area contributed by atoms with Crippen LogP contribution in [0.1, 0.15) is 44.9 Å². The van der Waals surface area contributed by atoms with E-state index < -0.39 is 0 Å². The van der Waals surface area contributed by atoms with Crippen LogP contribution in [0.4, 0.5) is 0 Å². The second-order valence-electron chi connectivity index (χ2n) is 4.80. The molecule has 5 nitrogen and oxygen atoms in total. The van der Waals surface area contributed by atoms with Crippen LogP contribution in [0.25, 0.3) is 0 Å². The van der Waals surface area contributed by atoms with Gasteiger partial charge in [0.05, 0.1) is 13.6 Å². The van der Waals surface area contributed by atoms with Crippen molar-refractivity contribution in [3.05, 3.63) is 5.82 Å². The van der Waals surface area contributed by atoms with E-state index in [0.29, 0.717) is 6.04 Å². The molecule has 1 heterocycles. The lowest BCUT2D eigenvalue weighted by Crippen LogP contribution is -2.34. The van der Waals surface area contributed by atoms with E-state index in [1.165, 1.54) is 36.9 Å². The maximum Gasteiger partial charge on any atom is 0.188 e. The van der Waals surface area contributed by atoms with Gasteiger partial charge in [0.15, 0.2) is 5.82 Å². The zero-order chi connectivity index (χ0) is 11.4. The minimum atomic E-state index is 0.617. The number of hydrogen-bond acceptors (Lipinski definition) is 4. The van der Waals surface area contributed by atoms with Gasteiger partial charge in [-0.3, -0.25) is 0 Å². The van der Waals surface area contributed by atoms with Crippen LogP contribution < -0.4 is 5.32 Å². The van der Waals surface area contributed by atoms with E-state index in [2.05, 4.69) is 27.7 Å². The highest BCUT2D eigenvalue weighted by Gasteiger charge is 2.19. The predicted octanol–water partition coefficient (Wildman–Crippen LogP) is 1.27. The van der Waals surface area contributed by atoms with Gasteiger partial charge in [0.25, 0.3) is 0 Å². The van der Waals surface area contributed by atoms with Crippen molar-refractivity contribution in [1.82, 2.24) is 25.5 Å². The molecule has 1 N–H and O–H groups in total. The zero-order valence-electron chi connectivity index (χ0n) is 10.2. The third-order valence-corrected chi connectivity index (χ3v) is 3.43. The summed E-state index contributed by atoms with van der Waals surface area (Å²) in [6.07, 6.45) is 6.72. The van der Waals surface area contributed by atoms with Gasteiger partial charge in [0.2, 0.25) is 0 Å². The highest BCUT2D eigenvalue weighted by molar-refractivity contribution is 4.81. The zero-order valence-corrected chi connectivity index (χ0v) is 10.2. The number of rotatable bonds is 3. The summed E-state index contributed by atoms with van der Waals surface area (Å²) in [5.74, 6) is 1.55. The molecule has 90 valence electrons. The van der Waals surface area contributed by atoms with Gasteiger partial charge in [0.1, 0.15) is 0 Å². The van der Waals surface area contributed by atoms with E-state index in [1.807, 2.05) is 0 Å². The smallest absolute Gasteiger partial charge is 0.188 e. The molecule has 2 rings (SSSR count). The van der Waals surface area contributed by atoms with E-state index in [9.17, 15) is 0 Å². The highest BCUT2D eigenvalue weighted by atomic mass is 15.6. The lowest BCUT2D eigenvalue weighted by molar-refractivity contribution is 0.353. The van der Waals surface area contributed by atoms with Crippen LogP contribution in [0.2, 0.25) is 0 Å². The Balaban J connectivity index is 1.83. The Morgan fingerprint density at radius 2 is 2.12 bits per heavy atom. The number of nitrogens with zero attached hydrogens (tertiary/aromatic N) is 4. The Hall–Kier alpha value is -0.970. The first-order valence-electron chi connectivity index (χ1n) is 6.22. The minimum Gasteiger partial charge on any atom is -0.307 e. The van der Waals surface area contributed by atoms with Crippen LogP contribution in [0.3, 0.4) is 0 Å². The molecule has 5 heteroatoms. The fraction of sp³-hybridized carbons (Fsp3) is 0.909. The van der Waals surface area contributed by atoms with Crippen molar-refractivity contribution in [1.29, 1.82) is 0 Å². The molecule has 2 unspecified atom stereocenters. The first kappa shape index (κ1) is 11.5. The normalized spacial score (nSPS) is 26.6. The molecule has 0 aliphatic heterocycles. The molecule has 0 radical (unpaired) electrons. The summed E-state index contributed by atoms with van der Waals surface area (Å²) < 4.78 is 0. The molecule has 0 aromatic carbocycles. The summed E-state index contributed by atoms with van der Waals surface area (Å²) in [6, 6.07) is 0.617. The molecule has 1 aromatic rings. The molecule has 16 heavy (non-hydrogen) atoms. The summed E-state index contributed by atoms with van der Waals surface area (Å²) in [5.41, 5.74) is 0. The molecular formula is C11H21N5. The third-order valence-electron chi connectivity index (χ3n) is 3.43. The van der Waals surface area contributed by atoms with Crippen LogP contribution in [-0.2, 0) is 13.6 Å². The summed E-state index contributed by atoms with van der Waals surface area (Å²) in [5, 5.41) is 15.6. The third kappa shape index (κ3) is 3.01. The quantitative estimate of drug-likeness (QED) is 0.784. The standard InChI is InChI=1S/C11H21N5/c1-9-6-4-3-5-7-10(9)12-8-11-13-15-16(2)14-11/h9-10,12H,3-8H2,1-2H3. The second-order valence-corrected chi connectivity index (χ2v) is 4.80. The lowest BCUT2D eigenvalue weighted by Gasteiger charge is -2.21. The van der Waals surface area contributed by atoms with Crippen molar-refractivity contribution >= 4 is 0 Å². The first-order valence-corrected chi connectivity index (χ1v) is 6.22. The first-order chi connectivity index (χ1) is 7.75. The lowest BCUT2D eigenvalue weighted by atomic mass is 9.97. The molecule has 1 aliphatic carbocycles. The van der Waals surface area contributed by atoms with Gasteiger partial charge in [0, 0.05) is 6.04 Å². The van der Waals surface area contributed by atoms with Crippen LogP contribution in [0, 0.1) is 5.92 Å². The molecule has 1 saturated carbocycles. The van der Waals surface area contributed by atoms with Crippen molar-refractivity contribution in [3.8, 4) is 0 Å². The van der Waals surface area contributed by atoms with Gasteiger partial charge in [-0.1, -0.05) is 26.2 Å². The van der Waals surface area contributed by atoms with Crippen molar-refractivity contribution in [2.75, 3.05) is 0 Å². The fourth-order valence-electron chi connectivity index (χ4n) is 2.41. The Morgan fingerprint density at radius 3 is 2.88 bits per heavy atom. The Morgan fingerprint density at radius 1 is 1.31 bits per heavy atom. The largest absolute Gasteiger partial charge is 0.307 e. The van der Waals surface area contributed by atoms with Crippen molar-refractivity contribution in [2.24, 2.45) is 13.0 Å². The van der Waals surface area contributed by atoms with Crippen molar-refractivity contribution < 1.29 is 0 Å². The molecule has 1 aromatic heterocycles. The monoisotopic (exact) mass is 223 g/mol. The maximum absolute atomic E-state index is 4.18. The van der Waals surface area contributed by atoms with E-state index >= 15 is 0 Å². The summed E-state index contributed by atoms with van der Waals surface area (Å²) in [4.78, 5) is 1.51. The Bertz CT molecular complexity index is 322. The van der Waals surface area contributed by atoms with Gasteiger partial charge in [-0.25, -0.2) is 0 Å². The Kier molecular flexibility index (Phi) is 3.88. The summed E-state index contributed by atoms with van der Waals surface area (Å²) in [7, 11) is 1.80. The molecule has 0 spiro atoms. The molecule has 0 amide bonds. The van der Waals surface area contributed by atoms with E-state index in [1.54, 1.807) is 7.05 Å². The maximum atomic E-state index is 4.18. The van der Waals surface area contributed by atoms with Crippen molar-refractivity contribution in [3.63, 3.8) is 0 Å². The van der Waals surface area contributed by atoms with E-state index in [-0.39, 0.29) is 0 Å². The van der Waals surface area contributed by atoms with E-state index in [0.717, 1.165) is 18.3 Å². The number of hydrogen-bond donors (Lipinski definition) is 1. The number of aryl methyl sites for hydroxylation is 1. The van der Waals surface area contributed by atoms with Crippen LogP contribution in [-0.4, -0.2) is 26.2 Å². The summed E-state index contributed by atoms with van der Waals surface area (Å²) >= 11 is 0. The van der Waals surface area contributed by atoms with Crippen LogP contribution >= 0.6 is 0 Å². The molecule has 2 atom stereocenters. The predicted molar refractivity (Wildman–Crippen MR) is 61.7 cm³/mol. The van der Waals surface area contributed by atoms with Gasteiger partial charge < -0.3 is 5.32 Å². The molecular weight excluding hydrogens is 202 g/mol. The SMILES string of the molecule is CC1CCCCCC1NCc1nnn(C)n1. The fourth-order valence-corrected chi connectivity index (χ4v) is 2.41. The minimum absolute atomic E-state index is 0.617. The van der Waals surface area contributed by atoms with Crippen molar-refractivity contribution in [2.45, 2.75) is 51.6 Å². The summed E-state index contributed by atoms with van der Waals surface area (Å²) in [6.45, 7) is 3.08. The van der Waals surface area contributed by atoms with Crippen LogP contribution in [0.5, 0.6) is 0 Å². The molecule has 1 aliphatic rings. The average molecular weight is 223 g/mol. The average Bonchev–Trinajstić information content (AvgIpc) is 2.56. The van der Waals surface area contributed by atoms with Gasteiger partial charge in [-0.2, -0.15) is 4.80 Å². The second kappa shape index (κ2) is 5.39. The molecule has 1 fully saturated rings. The van der Waals surface area contributed by atoms with E-state index in [4.69, 9.17) is 0 Å². The molecule has 0 bridgehead atoms. The molecule has 0 saturated heterocycles. The number of nitrogens with one attached hydrogen (secondary N) is 1. The van der Waals surface area contributed by atoms with Gasteiger partial charge in [-0.05, 0) is 24.0 Å². The van der Waals surface area contributed by atoms with Crippen LogP contribution in [0.15, 0.2) is 0 Å². The van der Waals surface area contributed by atoms with Gasteiger partial charge in [-0.15, -0.1) is 10.2 Å².